The maximum absolute atomic E-state index is 12.1. The summed E-state index contributed by atoms with van der Waals surface area (Å²) in [6, 6.07) is 3.51. The molecular formula is C13H13ClN4O3S. The summed E-state index contributed by atoms with van der Waals surface area (Å²) in [5.74, 6) is 0. The topological polar surface area (TPSA) is 88.4 Å². The number of hydrogen-bond donors (Lipinski definition) is 1. The molecule has 0 aliphatic carbocycles. The van der Waals surface area contributed by atoms with Crippen molar-refractivity contribution in [3.8, 4) is 0 Å². The van der Waals surface area contributed by atoms with Crippen LogP contribution in [0.15, 0.2) is 23.6 Å². The third-order valence-electron chi connectivity index (χ3n) is 2.82. The van der Waals surface area contributed by atoms with Crippen molar-refractivity contribution in [2.45, 2.75) is 13.5 Å². The van der Waals surface area contributed by atoms with Gasteiger partial charge in [-0.15, -0.1) is 11.3 Å². The highest BCUT2D eigenvalue weighted by atomic mass is 35.5. The van der Waals surface area contributed by atoms with Gasteiger partial charge in [0.25, 0.3) is 5.69 Å². The predicted octanol–water partition coefficient (Wildman–Crippen LogP) is 3.68. The van der Waals surface area contributed by atoms with Gasteiger partial charge in [-0.2, -0.15) is 0 Å². The summed E-state index contributed by atoms with van der Waals surface area (Å²) < 4.78 is 0. The van der Waals surface area contributed by atoms with E-state index in [1.54, 1.807) is 7.05 Å². The van der Waals surface area contributed by atoms with Crippen LogP contribution in [0.3, 0.4) is 0 Å². The minimum absolute atomic E-state index is 0.112. The maximum Gasteiger partial charge on any atom is 0.321 e. The number of halogens is 1. The van der Waals surface area contributed by atoms with E-state index in [1.165, 1.54) is 34.4 Å². The number of amides is 2. The van der Waals surface area contributed by atoms with E-state index >= 15 is 0 Å². The van der Waals surface area contributed by atoms with Crippen molar-refractivity contribution in [2.75, 3.05) is 12.4 Å². The van der Waals surface area contributed by atoms with Crippen LogP contribution in [0.1, 0.15) is 10.7 Å². The second kappa shape index (κ2) is 6.71. The zero-order valence-electron chi connectivity index (χ0n) is 11.9. The molecule has 9 heteroatoms. The number of urea groups is 1. The fourth-order valence-corrected chi connectivity index (χ4v) is 2.55. The Morgan fingerprint density at radius 3 is 2.82 bits per heavy atom. The number of nitro groups is 1. The number of carbonyl (C=O) groups is 1. The summed E-state index contributed by atoms with van der Waals surface area (Å²) in [5.41, 5.74) is 0.989. The molecule has 1 aromatic heterocycles. The Labute approximate surface area is 135 Å². The highest BCUT2D eigenvalue weighted by molar-refractivity contribution is 7.09. The molecule has 0 atom stereocenters. The highest BCUT2D eigenvalue weighted by Gasteiger charge is 2.14. The fraction of sp³-hybridized carbons (Fsp3) is 0.231. The van der Waals surface area contributed by atoms with E-state index in [9.17, 15) is 14.9 Å². The highest BCUT2D eigenvalue weighted by Crippen LogP contribution is 2.26. The van der Waals surface area contributed by atoms with E-state index in [1.807, 2.05) is 12.3 Å². The Balaban J connectivity index is 2.03. The first-order valence-corrected chi connectivity index (χ1v) is 7.49. The predicted molar refractivity (Wildman–Crippen MR) is 85.4 cm³/mol. The Hall–Kier alpha value is -2.19. The minimum Gasteiger partial charge on any atom is -0.322 e. The number of nitrogens with one attached hydrogen (secondary N) is 1. The van der Waals surface area contributed by atoms with Crippen LogP contribution in [0, 0.1) is 17.0 Å². The lowest BCUT2D eigenvalue weighted by atomic mass is 10.3. The fourth-order valence-electron chi connectivity index (χ4n) is 1.73. The van der Waals surface area contributed by atoms with Crippen LogP contribution in [-0.4, -0.2) is 27.9 Å². The van der Waals surface area contributed by atoms with Crippen LogP contribution in [0.2, 0.25) is 5.02 Å². The Morgan fingerprint density at radius 2 is 2.27 bits per heavy atom. The molecule has 0 radical (unpaired) electrons. The first-order chi connectivity index (χ1) is 10.4. The normalized spacial score (nSPS) is 10.3. The van der Waals surface area contributed by atoms with E-state index in [0.717, 1.165) is 10.7 Å². The second-order valence-corrected chi connectivity index (χ2v) is 6.03. The van der Waals surface area contributed by atoms with E-state index in [2.05, 4.69) is 10.3 Å². The Kier molecular flexibility index (Phi) is 4.94. The average Bonchev–Trinajstić information content (AvgIpc) is 2.85. The number of carbonyl (C=O) groups excluding carboxylic acids is 1. The molecule has 2 rings (SSSR count). The van der Waals surface area contributed by atoms with Gasteiger partial charge in [0.1, 0.15) is 0 Å². The number of aryl methyl sites for hydroxylation is 1. The van der Waals surface area contributed by atoms with Crippen molar-refractivity contribution in [1.82, 2.24) is 9.88 Å². The number of thiazole rings is 1. The smallest absolute Gasteiger partial charge is 0.321 e. The van der Waals surface area contributed by atoms with E-state index < -0.39 is 4.92 Å². The third kappa shape index (κ3) is 3.92. The largest absolute Gasteiger partial charge is 0.322 e. The Bertz CT molecular complexity index is 719. The van der Waals surface area contributed by atoms with Crippen molar-refractivity contribution >= 4 is 40.3 Å². The molecule has 0 fully saturated rings. The van der Waals surface area contributed by atoms with Gasteiger partial charge in [0, 0.05) is 24.6 Å². The summed E-state index contributed by atoms with van der Waals surface area (Å²) in [5, 5.41) is 16.2. The molecule has 0 saturated carbocycles. The number of anilines is 1. The van der Waals surface area contributed by atoms with Crippen molar-refractivity contribution in [3.63, 3.8) is 0 Å². The van der Waals surface area contributed by atoms with Crippen LogP contribution < -0.4 is 5.32 Å². The first-order valence-electron chi connectivity index (χ1n) is 6.24. The molecule has 22 heavy (non-hydrogen) atoms. The Morgan fingerprint density at radius 1 is 1.55 bits per heavy atom. The standard InChI is InChI=1S/C13H13ClN4O3S/c1-8-15-9(7-22-8)6-17(2)13(19)16-12-4-3-10(18(20)21)5-11(12)14/h3-5,7H,6H2,1-2H3,(H,16,19). The van der Waals surface area contributed by atoms with E-state index in [4.69, 9.17) is 11.6 Å². The maximum atomic E-state index is 12.1. The van der Waals surface area contributed by atoms with Gasteiger partial charge in [0.15, 0.2) is 0 Å². The molecule has 1 aromatic carbocycles. The van der Waals surface area contributed by atoms with Gasteiger partial charge in [0.2, 0.25) is 0 Å². The van der Waals surface area contributed by atoms with Crippen LogP contribution in [-0.2, 0) is 6.54 Å². The lowest BCUT2D eigenvalue weighted by Crippen LogP contribution is -2.31. The molecular weight excluding hydrogens is 328 g/mol. The number of nitrogens with zero attached hydrogens (tertiary/aromatic N) is 3. The molecule has 1 N–H and O–H groups in total. The van der Waals surface area contributed by atoms with E-state index in [-0.39, 0.29) is 16.7 Å². The molecule has 1 heterocycles. The van der Waals surface area contributed by atoms with Gasteiger partial charge in [0.05, 0.1) is 32.9 Å². The summed E-state index contributed by atoms with van der Waals surface area (Å²) in [6.45, 7) is 2.26. The van der Waals surface area contributed by atoms with Gasteiger partial charge in [-0.05, 0) is 13.0 Å². The summed E-state index contributed by atoms with van der Waals surface area (Å²) >= 11 is 7.45. The molecule has 0 bridgehead atoms. The summed E-state index contributed by atoms with van der Waals surface area (Å²) in [6.07, 6.45) is 0. The van der Waals surface area contributed by atoms with Gasteiger partial charge in [-0.1, -0.05) is 11.6 Å². The summed E-state index contributed by atoms with van der Waals surface area (Å²) in [4.78, 5) is 27.9. The van der Waals surface area contributed by atoms with Crippen molar-refractivity contribution < 1.29 is 9.72 Å². The molecule has 0 spiro atoms. The molecule has 2 aromatic rings. The number of rotatable bonds is 4. The average molecular weight is 341 g/mol. The molecule has 0 unspecified atom stereocenters. The van der Waals surface area contributed by atoms with Crippen LogP contribution in [0.25, 0.3) is 0 Å². The SMILES string of the molecule is Cc1nc(CN(C)C(=O)Nc2ccc([N+](=O)[O-])cc2Cl)cs1. The number of nitro benzene ring substituents is 1. The van der Waals surface area contributed by atoms with Crippen molar-refractivity contribution in [2.24, 2.45) is 0 Å². The zero-order chi connectivity index (χ0) is 16.3. The van der Waals surface area contributed by atoms with Gasteiger partial charge >= 0.3 is 6.03 Å². The number of benzene rings is 1. The van der Waals surface area contributed by atoms with Crippen molar-refractivity contribution in [3.05, 3.63) is 49.4 Å². The quantitative estimate of drug-likeness (QED) is 0.679. The molecule has 0 aliphatic rings. The van der Waals surface area contributed by atoms with Gasteiger partial charge in [-0.25, -0.2) is 9.78 Å². The molecule has 0 aliphatic heterocycles. The lowest BCUT2D eigenvalue weighted by molar-refractivity contribution is -0.384. The van der Waals surface area contributed by atoms with Gasteiger partial charge in [-0.3, -0.25) is 10.1 Å². The monoisotopic (exact) mass is 340 g/mol. The van der Waals surface area contributed by atoms with Crippen LogP contribution in [0.4, 0.5) is 16.2 Å². The lowest BCUT2D eigenvalue weighted by Gasteiger charge is -2.17. The van der Waals surface area contributed by atoms with Crippen molar-refractivity contribution in [1.29, 1.82) is 0 Å². The first kappa shape index (κ1) is 16.2. The molecule has 0 saturated heterocycles. The number of hydrogen-bond acceptors (Lipinski definition) is 5. The number of aromatic nitrogens is 1. The van der Waals surface area contributed by atoms with Crippen LogP contribution in [0.5, 0.6) is 0 Å². The van der Waals surface area contributed by atoms with Gasteiger partial charge < -0.3 is 10.2 Å². The van der Waals surface area contributed by atoms with Crippen LogP contribution >= 0.6 is 22.9 Å². The zero-order valence-corrected chi connectivity index (χ0v) is 13.4. The third-order valence-corrected chi connectivity index (χ3v) is 3.95. The van der Waals surface area contributed by atoms with E-state index in [0.29, 0.717) is 12.2 Å². The number of non-ortho nitro benzene ring substituents is 1. The molecule has 7 nitrogen and oxygen atoms in total. The molecule has 2 amide bonds. The summed E-state index contributed by atoms with van der Waals surface area (Å²) in [7, 11) is 1.63. The second-order valence-electron chi connectivity index (χ2n) is 4.57. The minimum atomic E-state index is -0.547. The molecule has 116 valence electrons.